The van der Waals surface area contributed by atoms with Crippen LogP contribution in [0, 0.1) is 0 Å². The van der Waals surface area contributed by atoms with E-state index in [1.807, 2.05) is 18.2 Å². The lowest BCUT2D eigenvalue weighted by atomic mass is 10.2. The van der Waals surface area contributed by atoms with Gasteiger partial charge in [0, 0.05) is 24.7 Å². The standard InChI is InChI=1S/C12H19NO3/c1-9(14)7-13-8-10-4-5-11(15-2)6-12(10)16-3/h4-6,9,13-14H,7-8H2,1-3H3/t9-/m1/s1. The second kappa shape index (κ2) is 6.35. The molecule has 0 saturated heterocycles. The van der Waals surface area contributed by atoms with Crippen molar-refractivity contribution in [2.75, 3.05) is 20.8 Å². The Balaban J connectivity index is 2.64. The molecule has 1 rings (SSSR count). The number of benzene rings is 1. The molecule has 0 amide bonds. The summed E-state index contributed by atoms with van der Waals surface area (Å²) in [7, 11) is 3.26. The Labute approximate surface area is 96.2 Å². The maximum absolute atomic E-state index is 9.13. The van der Waals surface area contributed by atoms with Crippen molar-refractivity contribution in [3.8, 4) is 11.5 Å². The van der Waals surface area contributed by atoms with E-state index in [2.05, 4.69) is 5.32 Å². The second-order valence-electron chi connectivity index (χ2n) is 3.66. The first-order valence-corrected chi connectivity index (χ1v) is 5.27. The van der Waals surface area contributed by atoms with Gasteiger partial charge in [-0.15, -0.1) is 0 Å². The molecule has 0 aliphatic heterocycles. The number of rotatable bonds is 6. The molecule has 0 radical (unpaired) electrons. The average Bonchev–Trinajstić information content (AvgIpc) is 2.29. The van der Waals surface area contributed by atoms with Crippen molar-refractivity contribution in [2.24, 2.45) is 0 Å². The third kappa shape index (κ3) is 3.72. The van der Waals surface area contributed by atoms with Crippen LogP contribution in [-0.4, -0.2) is 32.0 Å². The highest BCUT2D eigenvalue weighted by Crippen LogP contribution is 2.24. The molecule has 1 aromatic rings. The lowest BCUT2D eigenvalue weighted by Crippen LogP contribution is -2.24. The van der Waals surface area contributed by atoms with Crippen molar-refractivity contribution in [1.82, 2.24) is 5.32 Å². The molecule has 1 atom stereocenters. The van der Waals surface area contributed by atoms with E-state index in [9.17, 15) is 0 Å². The van der Waals surface area contributed by atoms with Crippen LogP contribution in [-0.2, 0) is 6.54 Å². The van der Waals surface area contributed by atoms with Gasteiger partial charge in [0.1, 0.15) is 11.5 Å². The van der Waals surface area contributed by atoms with Gasteiger partial charge in [-0.25, -0.2) is 0 Å². The molecule has 4 nitrogen and oxygen atoms in total. The van der Waals surface area contributed by atoms with Crippen LogP contribution in [0.15, 0.2) is 18.2 Å². The lowest BCUT2D eigenvalue weighted by Gasteiger charge is -2.12. The van der Waals surface area contributed by atoms with Gasteiger partial charge >= 0.3 is 0 Å². The normalized spacial score (nSPS) is 12.2. The van der Waals surface area contributed by atoms with E-state index in [4.69, 9.17) is 14.6 Å². The molecule has 90 valence electrons. The zero-order chi connectivity index (χ0) is 12.0. The van der Waals surface area contributed by atoms with E-state index in [1.165, 1.54) is 0 Å². The highest BCUT2D eigenvalue weighted by Gasteiger charge is 2.04. The maximum atomic E-state index is 9.13. The molecule has 2 N–H and O–H groups in total. The largest absolute Gasteiger partial charge is 0.497 e. The summed E-state index contributed by atoms with van der Waals surface area (Å²) in [6, 6.07) is 5.69. The summed E-state index contributed by atoms with van der Waals surface area (Å²) in [6.07, 6.45) is -0.343. The molecule has 0 fully saturated rings. The molecule has 0 aliphatic carbocycles. The number of hydrogen-bond acceptors (Lipinski definition) is 4. The molecule has 0 bridgehead atoms. The molecular formula is C12H19NO3. The van der Waals surface area contributed by atoms with E-state index in [-0.39, 0.29) is 6.10 Å². The van der Waals surface area contributed by atoms with Crippen LogP contribution in [0.4, 0.5) is 0 Å². The van der Waals surface area contributed by atoms with Crippen molar-refractivity contribution in [3.05, 3.63) is 23.8 Å². The van der Waals surface area contributed by atoms with Crippen LogP contribution >= 0.6 is 0 Å². The number of hydrogen-bond donors (Lipinski definition) is 2. The predicted octanol–water partition coefficient (Wildman–Crippen LogP) is 1.17. The van der Waals surface area contributed by atoms with Gasteiger partial charge < -0.3 is 19.9 Å². The fourth-order valence-corrected chi connectivity index (χ4v) is 1.41. The van der Waals surface area contributed by atoms with Gasteiger partial charge in [-0.3, -0.25) is 0 Å². The molecule has 0 heterocycles. The zero-order valence-corrected chi connectivity index (χ0v) is 9.99. The van der Waals surface area contributed by atoms with Gasteiger partial charge in [0.2, 0.25) is 0 Å². The average molecular weight is 225 g/mol. The SMILES string of the molecule is COc1ccc(CNC[C@@H](C)O)c(OC)c1. The van der Waals surface area contributed by atoms with Gasteiger partial charge in [-0.05, 0) is 13.0 Å². The molecule has 4 heteroatoms. The van der Waals surface area contributed by atoms with Crippen LogP contribution in [0.1, 0.15) is 12.5 Å². The monoisotopic (exact) mass is 225 g/mol. The van der Waals surface area contributed by atoms with Gasteiger partial charge in [0.05, 0.1) is 20.3 Å². The Bertz CT molecular complexity index is 326. The highest BCUT2D eigenvalue weighted by atomic mass is 16.5. The van der Waals surface area contributed by atoms with Crippen LogP contribution in [0.25, 0.3) is 0 Å². The number of methoxy groups -OCH3 is 2. The third-order valence-corrected chi connectivity index (χ3v) is 2.25. The van der Waals surface area contributed by atoms with Crippen molar-refractivity contribution in [3.63, 3.8) is 0 Å². The minimum absolute atomic E-state index is 0.343. The number of ether oxygens (including phenoxy) is 2. The fourth-order valence-electron chi connectivity index (χ4n) is 1.41. The van der Waals surface area contributed by atoms with E-state index in [0.717, 1.165) is 17.1 Å². The lowest BCUT2D eigenvalue weighted by molar-refractivity contribution is 0.191. The number of aliphatic hydroxyl groups excluding tert-OH is 1. The van der Waals surface area contributed by atoms with Crippen LogP contribution in [0.3, 0.4) is 0 Å². The Morgan fingerprint density at radius 2 is 2.06 bits per heavy atom. The van der Waals surface area contributed by atoms with E-state index in [0.29, 0.717) is 13.1 Å². The van der Waals surface area contributed by atoms with Gasteiger partial charge in [0.25, 0.3) is 0 Å². The first kappa shape index (κ1) is 12.8. The van der Waals surface area contributed by atoms with Crippen LogP contribution < -0.4 is 14.8 Å². The molecule has 1 aromatic carbocycles. The fraction of sp³-hybridized carbons (Fsp3) is 0.500. The summed E-state index contributed by atoms with van der Waals surface area (Å²) < 4.78 is 10.4. The van der Waals surface area contributed by atoms with Crippen LogP contribution in [0.5, 0.6) is 11.5 Å². The second-order valence-corrected chi connectivity index (χ2v) is 3.66. The number of aliphatic hydroxyl groups is 1. The number of nitrogens with one attached hydrogen (secondary N) is 1. The van der Waals surface area contributed by atoms with Gasteiger partial charge in [0.15, 0.2) is 0 Å². The minimum atomic E-state index is -0.343. The Morgan fingerprint density at radius 1 is 1.31 bits per heavy atom. The maximum Gasteiger partial charge on any atom is 0.127 e. The van der Waals surface area contributed by atoms with Crippen molar-refractivity contribution in [2.45, 2.75) is 19.6 Å². The topological polar surface area (TPSA) is 50.7 Å². The Morgan fingerprint density at radius 3 is 2.62 bits per heavy atom. The predicted molar refractivity (Wildman–Crippen MR) is 62.9 cm³/mol. The minimum Gasteiger partial charge on any atom is -0.497 e. The summed E-state index contributed by atoms with van der Waals surface area (Å²) >= 11 is 0. The molecule has 0 saturated carbocycles. The summed E-state index contributed by atoms with van der Waals surface area (Å²) in [5.41, 5.74) is 1.05. The molecule has 16 heavy (non-hydrogen) atoms. The summed E-state index contributed by atoms with van der Waals surface area (Å²) in [6.45, 7) is 2.98. The molecular weight excluding hydrogens is 206 g/mol. The van der Waals surface area contributed by atoms with Crippen molar-refractivity contribution >= 4 is 0 Å². The van der Waals surface area contributed by atoms with E-state index >= 15 is 0 Å². The van der Waals surface area contributed by atoms with E-state index in [1.54, 1.807) is 21.1 Å². The first-order valence-electron chi connectivity index (χ1n) is 5.27. The summed E-state index contributed by atoms with van der Waals surface area (Å²) in [4.78, 5) is 0. The van der Waals surface area contributed by atoms with Crippen molar-refractivity contribution in [1.29, 1.82) is 0 Å². The molecule has 0 aliphatic rings. The summed E-state index contributed by atoms with van der Waals surface area (Å²) in [5, 5.41) is 12.3. The Hall–Kier alpha value is -1.26. The van der Waals surface area contributed by atoms with E-state index < -0.39 is 0 Å². The molecule has 0 aromatic heterocycles. The summed E-state index contributed by atoms with van der Waals surface area (Å²) in [5.74, 6) is 1.56. The highest BCUT2D eigenvalue weighted by molar-refractivity contribution is 5.40. The van der Waals surface area contributed by atoms with Gasteiger partial charge in [-0.1, -0.05) is 6.07 Å². The van der Waals surface area contributed by atoms with Crippen molar-refractivity contribution < 1.29 is 14.6 Å². The van der Waals surface area contributed by atoms with Gasteiger partial charge in [-0.2, -0.15) is 0 Å². The first-order chi connectivity index (χ1) is 7.67. The van der Waals surface area contributed by atoms with Crippen LogP contribution in [0.2, 0.25) is 0 Å². The third-order valence-electron chi connectivity index (χ3n) is 2.25. The molecule has 0 unspecified atom stereocenters. The molecule has 0 spiro atoms. The smallest absolute Gasteiger partial charge is 0.127 e. The zero-order valence-electron chi connectivity index (χ0n) is 9.99. The Kier molecular flexibility index (Phi) is 5.08. The quantitative estimate of drug-likeness (QED) is 0.763.